The molecular formula is C21H23N5O3S. The SMILES string of the molecule is O=C(CCNC(=O)Cn1cnc2sc3c(c2c1=O)CCCC3)NCc1ccccn1. The molecule has 3 aromatic rings. The number of hydrogen-bond donors (Lipinski definition) is 2. The second-order valence-corrected chi connectivity index (χ2v) is 8.35. The number of carbonyl (C=O) groups excluding carboxylic acids is 2. The molecule has 0 atom stereocenters. The van der Waals surface area contributed by atoms with Gasteiger partial charge in [0.15, 0.2) is 0 Å². The Morgan fingerprint density at radius 1 is 1.10 bits per heavy atom. The molecule has 1 aliphatic carbocycles. The van der Waals surface area contributed by atoms with Gasteiger partial charge in [0, 0.05) is 24.0 Å². The molecule has 3 heterocycles. The molecule has 0 radical (unpaired) electrons. The van der Waals surface area contributed by atoms with Gasteiger partial charge in [0.1, 0.15) is 11.4 Å². The molecule has 30 heavy (non-hydrogen) atoms. The van der Waals surface area contributed by atoms with Crippen LogP contribution in [0.25, 0.3) is 10.2 Å². The highest BCUT2D eigenvalue weighted by molar-refractivity contribution is 7.18. The van der Waals surface area contributed by atoms with Gasteiger partial charge in [-0.05, 0) is 43.4 Å². The van der Waals surface area contributed by atoms with E-state index in [1.165, 1.54) is 15.8 Å². The summed E-state index contributed by atoms with van der Waals surface area (Å²) >= 11 is 1.59. The lowest BCUT2D eigenvalue weighted by Gasteiger charge is -2.10. The number of nitrogens with zero attached hydrogens (tertiary/aromatic N) is 3. The van der Waals surface area contributed by atoms with Crippen LogP contribution < -0.4 is 16.2 Å². The highest BCUT2D eigenvalue weighted by atomic mass is 32.1. The molecule has 8 nitrogen and oxygen atoms in total. The summed E-state index contributed by atoms with van der Waals surface area (Å²) in [5, 5.41) is 6.12. The van der Waals surface area contributed by atoms with Gasteiger partial charge < -0.3 is 10.6 Å². The molecule has 156 valence electrons. The van der Waals surface area contributed by atoms with Crippen LogP contribution in [-0.2, 0) is 35.5 Å². The first-order valence-electron chi connectivity index (χ1n) is 10.0. The molecule has 4 rings (SSSR count). The molecule has 0 aliphatic heterocycles. The van der Waals surface area contributed by atoms with E-state index in [-0.39, 0.29) is 36.9 Å². The Labute approximate surface area is 177 Å². The van der Waals surface area contributed by atoms with Crippen LogP contribution in [0.2, 0.25) is 0 Å². The van der Waals surface area contributed by atoms with Crippen molar-refractivity contribution in [3.05, 3.63) is 57.2 Å². The highest BCUT2D eigenvalue weighted by Crippen LogP contribution is 2.33. The lowest BCUT2D eigenvalue weighted by Crippen LogP contribution is -2.35. The monoisotopic (exact) mass is 425 g/mol. The second-order valence-electron chi connectivity index (χ2n) is 7.27. The van der Waals surface area contributed by atoms with E-state index >= 15 is 0 Å². The maximum absolute atomic E-state index is 12.9. The Kier molecular flexibility index (Phi) is 6.18. The minimum absolute atomic E-state index is 0.109. The lowest BCUT2D eigenvalue weighted by molar-refractivity contribution is -0.122. The minimum Gasteiger partial charge on any atom is -0.354 e. The maximum atomic E-state index is 12.9. The Balaban J connectivity index is 1.30. The molecule has 0 fully saturated rings. The number of amides is 2. The molecule has 1 aliphatic rings. The molecule has 0 bridgehead atoms. The van der Waals surface area contributed by atoms with E-state index in [9.17, 15) is 14.4 Å². The van der Waals surface area contributed by atoms with E-state index in [4.69, 9.17) is 0 Å². The summed E-state index contributed by atoms with van der Waals surface area (Å²) in [6.07, 6.45) is 7.38. The predicted molar refractivity (Wildman–Crippen MR) is 114 cm³/mol. The molecule has 2 N–H and O–H groups in total. The Bertz CT molecular complexity index is 1120. The van der Waals surface area contributed by atoms with Crippen LogP contribution in [0, 0.1) is 0 Å². The number of thiophene rings is 1. The summed E-state index contributed by atoms with van der Waals surface area (Å²) in [4.78, 5) is 47.6. The molecule has 0 spiro atoms. The van der Waals surface area contributed by atoms with E-state index in [0.717, 1.165) is 41.8 Å². The van der Waals surface area contributed by atoms with Gasteiger partial charge >= 0.3 is 0 Å². The third kappa shape index (κ3) is 4.56. The van der Waals surface area contributed by atoms with Crippen LogP contribution in [0.3, 0.4) is 0 Å². The van der Waals surface area contributed by atoms with E-state index in [0.29, 0.717) is 11.9 Å². The van der Waals surface area contributed by atoms with Crippen molar-refractivity contribution >= 4 is 33.4 Å². The van der Waals surface area contributed by atoms with Gasteiger partial charge in [-0.25, -0.2) is 4.98 Å². The zero-order valence-corrected chi connectivity index (χ0v) is 17.3. The Morgan fingerprint density at radius 2 is 1.97 bits per heavy atom. The van der Waals surface area contributed by atoms with Crippen molar-refractivity contribution in [2.75, 3.05) is 6.54 Å². The van der Waals surface area contributed by atoms with Crippen molar-refractivity contribution < 1.29 is 9.59 Å². The quantitative estimate of drug-likeness (QED) is 0.598. The molecule has 0 saturated carbocycles. The number of aryl methyl sites for hydroxylation is 2. The summed E-state index contributed by atoms with van der Waals surface area (Å²) in [7, 11) is 0. The lowest BCUT2D eigenvalue weighted by atomic mass is 9.97. The molecular weight excluding hydrogens is 402 g/mol. The molecule has 0 aromatic carbocycles. The number of pyridine rings is 1. The van der Waals surface area contributed by atoms with Crippen LogP contribution in [0.5, 0.6) is 0 Å². The number of hydrogen-bond acceptors (Lipinski definition) is 6. The smallest absolute Gasteiger partial charge is 0.262 e. The van der Waals surface area contributed by atoms with Gasteiger partial charge in [0.25, 0.3) is 5.56 Å². The van der Waals surface area contributed by atoms with Crippen molar-refractivity contribution in [2.24, 2.45) is 0 Å². The summed E-state index contributed by atoms with van der Waals surface area (Å²) in [6, 6.07) is 5.50. The second kappa shape index (κ2) is 9.17. The largest absolute Gasteiger partial charge is 0.354 e. The first-order chi connectivity index (χ1) is 14.6. The van der Waals surface area contributed by atoms with Crippen LogP contribution in [0.15, 0.2) is 35.5 Å². The van der Waals surface area contributed by atoms with E-state index in [1.807, 2.05) is 18.2 Å². The predicted octanol–water partition coefficient (Wildman–Crippen LogP) is 1.55. The van der Waals surface area contributed by atoms with Gasteiger partial charge in [-0.1, -0.05) is 6.07 Å². The Morgan fingerprint density at radius 3 is 2.80 bits per heavy atom. The maximum Gasteiger partial charge on any atom is 0.262 e. The molecule has 0 unspecified atom stereocenters. The summed E-state index contributed by atoms with van der Waals surface area (Å²) in [5.74, 6) is -0.494. The third-order valence-corrected chi connectivity index (χ3v) is 6.32. The number of rotatable bonds is 7. The number of aromatic nitrogens is 3. The topological polar surface area (TPSA) is 106 Å². The number of fused-ring (bicyclic) bond motifs is 3. The molecule has 3 aromatic heterocycles. The van der Waals surface area contributed by atoms with Gasteiger partial charge in [0.2, 0.25) is 11.8 Å². The standard InChI is InChI=1S/C21H23N5O3S/c27-17(24-11-14-5-3-4-9-22-14)8-10-23-18(28)12-26-13-25-20-19(21(26)29)15-6-1-2-7-16(15)30-20/h3-5,9,13H,1-2,6-8,10-12H2,(H,23,28)(H,24,27). The first kappa shape index (κ1) is 20.2. The summed E-state index contributed by atoms with van der Waals surface area (Å²) < 4.78 is 1.35. The first-order valence-corrected chi connectivity index (χ1v) is 10.9. The molecule has 0 saturated heterocycles. The average molecular weight is 426 g/mol. The highest BCUT2D eigenvalue weighted by Gasteiger charge is 2.20. The Hall–Kier alpha value is -3.07. The third-order valence-electron chi connectivity index (χ3n) is 5.12. The van der Waals surface area contributed by atoms with Crippen LogP contribution in [-0.4, -0.2) is 32.9 Å². The van der Waals surface area contributed by atoms with Gasteiger partial charge in [-0.15, -0.1) is 11.3 Å². The average Bonchev–Trinajstić information content (AvgIpc) is 3.14. The van der Waals surface area contributed by atoms with Crippen molar-refractivity contribution in [1.82, 2.24) is 25.2 Å². The normalized spacial score (nSPS) is 13.1. The summed E-state index contributed by atoms with van der Waals surface area (Å²) in [5.41, 5.74) is 1.72. The van der Waals surface area contributed by atoms with Crippen LogP contribution >= 0.6 is 11.3 Å². The summed E-state index contributed by atoms with van der Waals surface area (Å²) in [6.45, 7) is 0.437. The zero-order chi connectivity index (χ0) is 20.9. The van der Waals surface area contributed by atoms with E-state index < -0.39 is 0 Å². The molecule has 2 amide bonds. The van der Waals surface area contributed by atoms with E-state index in [2.05, 4.69) is 20.6 Å². The van der Waals surface area contributed by atoms with Crippen molar-refractivity contribution in [3.8, 4) is 0 Å². The molecule has 9 heteroatoms. The number of carbonyl (C=O) groups is 2. The zero-order valence-electron chi connectivity index (χ0n) is 16.5. The number of nitrogens with one attached hydrogen (secondary N) is 2. The van der Waals surface area contributed by atoms with E-state index in [1.54, 1.807) is 17.5 Å². The van der Waals surface area contributed by atoms with Crippen molar-refractivity contribution in [1.29, 1.82) is 0 Å². The van der Waals surface area contributed by atoms with Gasteiger partial charge in [-0.2, -0.15) is 0 Å². The van der Waals surface area contributed by atoms with Crippen LogP contribution in [0.4, 0.5) is 0 Å². The van der Waals surface area contributed by atoms with Crippen LogP contribution in [0.1, 0.15) is 35.4 Å². The van der Waals surface area contributed by atoms with Crippen molar-refractivity contribution in [3.63, 3.8) is 0 Å². The minimum atomic E-state index is -0.320. The fourth-order valence-corrected chi connectivity index (χ4v) is 4.82. The van der Waals surface area contributed by atoms with Crippen molar-refractivity contribution in [2.45, 2.75) is 45.2 Å². The van der Waals surface area contributed by atoms with Gasteiger partial charge in [-0.3, -0.25) is 23.9 Å². The van der Waals surface area contributed by atoms with Gasteiger partial charge in [0.05, 0.1) is 24.0 Å². The fraction of sp³-hybridized carbons (Fsp3) is 0.381. The fourth-order valence-electron chi connectivity index (χ4n) is 3.60.